The van der Waals surface area contributed by atoms with Crippen LogP contribution in [0.15, 0.2) is 24.3 Å². The highest BCUT2D eigenvalue weighted by atomic mass is 35.5. The molecule has 0 aromatic heterocycles. The Balaban J connectivity index is 0.00000162. The average molecular weight is 272 g/mol. The smallest absolute Gasteiger partial charge is 0.309 e. The number of benzene rings is 1. The Labute approximate surface area is 113 Å². The van der Waals surface area contributed by atoms with Crippen LogP contribution in [0.1, 0.15) is 18.4 Å². The molecule has 0 atom stereocenters. The normalized spacial score (nSPS) is 15.4. The van der Waals surface area contributed by atoms with Gasteiger partial charge in [0.1, 0.15) is 12.4 Å². The summed E-state index contributed by atoms with van der Waals surface area (Å²) in [5.74, 6) is 0.503. The Morgan fingerprint density at radius 1 is 1.44 bits per heavy atom. The Morgan fingerprint density at radius 2 is 2.17 bits per heavy atom. The lowest BCUT2D eigenvalue weighted by Gasteiger charge is -2.11. The van der Waals surface area contributed by atoms with Gasteiger partial charge in [-0.1, -0.05) is 12.1 Å². The summed E-state index contributed by atoms with van der Waals surface area (Å²) in [7, 11) is 1.38. The lowest BCUT2D eigenvalue weighted by atomic mass is 10.1. The summed E-state index contributed by atoms with van der Waals surface area (Å²) >= 11 is 0. The quantitative estimate of drug-likeness (QED) is 0.828. The van der Waals surface area contributed by atoms with Crippen molar-refractivity contribution >= 4 is 18.4 Å². The van der Waals surface area contributed by atoms with E-state index in [2.05, 4.69) is 4.74 Å². The van der Waals surface area contributed by atoms with Crippen LogP contribution in [0.3, 0.4) is 0 Å². The van der Waals surface area contributed by atoms with E-state index in [-0.39, 0.29) is 30.3 Å². The van der Waals surface area contributed by atoms with Crippen molar-refractivity contribution in [3.05, 3.63) is 29.8 Å². The van der Waals surface area contributed by atoms with Crippen LogP contribution in [0.2, 0.25) is 0 Å². The monoisotopic (exact) mass is 271 g/mol. The summed E-state index contributed by atoms with van der Waals surface area (Å²) in [5.41, 5.74) is 6.69. The maximum absolute atomic E-state index is 11.1. The van der Waals surface area contributed by atoms with Crippen molar-refractivity contribution in [2.45, 2.75) is 24.8 Å². The molecule has 5 heteroatoms. The molecular weight excluding hydrogens is 254 g/mol. The van der Waals surface area contributed by atoms with Gasteiger partial charge in [-0.25, -0.2) is 0 Å². The Kier molecular flexibility index (Phi) is 4.99. The van der Waals surface area contributed by atoms with Crippen molar-refractivity contribution in [1.82, 2.24) is 0 Å². The molecule has 2 N–H and O–H groups in total. The van der Waals surface area contributed by atoms with E-state index in [1.54, 1.807) is 0 Å². The lowest BCUT2D eigenvalue weighted by Crippen LogP contribution is -2.29. The highest BCUT2D eigenvalue weighted by molar-refractivity contribution is 5.85. The SMILES string of the molecule is COC(=O)Cc1cccc(OCC2(N)CC2)c1.Cl. The molecule has 0 heterocycles. The molecule has 0 spiro atoms. The fraction of sp³-hybridized carbons (Fsp3) is 0.462. The van der Waals surface area contributed by atoms with Crippen LogP contribution in [0.4, 0.5) is 0 Å². The predicted octanol–water partition coefficient (Wildman–Crippen LogP) is 1.69. The minimum atomic E-state index is -0.250. The van der Waals surface area contributed by atoms with Crippen molar-refractivity contribution in [2.75, 3.05) is 13.7 Å². The maximum Gasteiger partial charge on any atom is 0.309 e. The second-order valence-corrected chi connectivity index (χ2v) is 4.55. The van der Waals surface area contributed by atoms with E-state index in [9.17, 15) is 4.79 Å². The van der Waals surface area contributed by atoms with E-state index in [4.69, 9.17) is 10.5 Å². The number of methoxy groups -OCH3 is 1. The number of halogens is 1. The van der Waals surface area contributed by atoms with Crippen LogP contribution in [0.25, 0.3) is 0 Å². The molecule has 18 heavy (non-hydrogen) atoms. The summed E-state index contributed by atoms with van der Waals surface area (Å²) < 4.78 is 10.2. The second kappa shape index (κ2) is 6.07. The summed E-state index contributed by atoms with van der Waals surface area (Å²) in [6, 6.07) is 7.46. The Morgan fingerprint density at radius 3 is 2.78 bits per heavy atom. The molecule has 1 fully saturated rings. The first-order chi connectivity index (χ1) is 8.11. The largest absolute Gasteiger partial charge is 0.492 e. The van der Waals surface area contributed by atoms with Gasteiger partial charge in [0.15, 0.2) is 0 Å². The van der Waals surface area contributed by atoms with E-state index >= 15 is 0 Å². The van der Waals surface area contributed by atoms with Crippen molar-refractivity contribution in [2.24, 2.45) is 5.73 Å². The number of hydrogen-bond acceptors (Lipinski definition) is 4. The van der Waals surface area contributed by atoms with Crippen molar-refractivity contribution in [1.29, 1.82) is 0 Å². The van der Waals surface area contributed by atoms with Crippen molar-refractivity contribution in [3.8, 4) is 5.75 Å². The summed E-state index contributed by atoms with van der Waals surface area (Å²) in [6.45, 7) is 0.536. The van der Waals surface area contributed by atoms with E-state index in [0.717, 1.165) is 24.2 Å². The highest BCUT2D eigenvalue weighted by Crippen LogP contribution is 2.32. The van der Waals surface area contributed by atoms with Gasteiger partial charge < -0.3 is 15.2 Å². The molecular formula is C13H18ClNO3. The first kappa shape index (κ1) is 14.8. The third-order valence-corrected chi connectivity index (χ3v) is 2.89. The Hall–Kier alpha value is -1.26. The number of carbonyl (C=O) groups is 1. The topological polar surface area (TPSA) is 61.5 Å². The number of rotatable bonds is 5. The maximum atomic E-state index is 11.1. The highest BCUT2D eigenvalue weighted by Gasteiger charge is 2.39. The van der Waals surface area contributed by atoms with E-state index in [1.165, 1.54) is 7.11 Å². The van der Waals surface area contributed by atoms with Crippen LogP contribution < -0.4 is 10.5 Å². The third-order valence-electron chi connectivity index (χ3n) is 2.89. The predicted molar refractivity (Wildman–Crippen MR) is 71.1 cm³/mol. The van der Waals surface area contributed by atoms with Crippen LogP contribution in [0.5, 0.6) is 5.75 Å². The van der Waals surface area contributed by atoms with Crippen LogP contribution in [-0.2, 0) is 16.0 Å². The summed E-state index contributed by atoms with van der Waals surface area (Å²) in [4.78, 5) is 11.1. The van der Waals surface area contributed by atoms with Gasteiger partial charge in [-0.15, -0.1) is 12.4 Å². The van der Waals surface area contributed by atoms with Crippen LogP contribution in [0, 0.1) is 0 Å². The molecule has 0 radical (unpaired) electrons. The van der Waals surface area contributed by atoms with Gasteiger partial charge in [0.25, 0.3) is 0 Å². The van der Waals surface area contributed by atoms with E-state index in [0.29, 0.717) is 6.61 Å². The minimum Gasteiger partial charge on any atom is -0.492 e. The van der Waals surface area contributed by atoms with Crippen molar-refractivity contribution in [3.63, 3.8) is 0 Å². The lowest BCUT2D eigenvalue weighted by molar-refractivity contribution is -0.139. The molecule has 0 bridgehead atoms. The Bertz CT molecular complexity index is 418. The van der Waals surface area contributed by atoms with Crippen LogP contribution in [-0.4, -0.2) is 25.2 Å². The first-order valence-electron chi connectivity index (χ1n) is 5.69. The zero-order chi connectivity index (χ0) is 12.3. The molecule has 1 aromatic rings. The van der Waals surface area contributed by atoms with Gasteiger partial charge in [-0.05, 0) is 30.5 Å². The van der Waals surface area contributed by atoms with Crippen LogP contribution >= 0.6 is 12.4 Å². The van der Waals surface area contributed by atoms with Gasteiger partial charge >= 0.3 is 5.97 Å². The van der Waals surface area contributed by atoms with Crippen molar-refractivity contribution < 1.29 is 14.3 Å². The molecule has 1 saturated carbocycles. The first-order valence-corrected chi connectivity index (χ1v) is 5.69. The molecule has 0 saturated heterocycles. The average Bonchev–Trinajstić information content (AvgIpc) is 3.06. The molecule has 1 aromatic carbocycles. The van der Waals surface area contributed by atoms with Gasteiger partial charge in [-0.2, -0.15) is 0 Å². The molecule has 0 aliphatic heterocycles. The molecule has 100 valence electrons. The second-order valence-electron chi connectivity index (χ2n) is 4.55. The number of ether oxygens (including phenoxy) is 2. The number of esters is 1. The van der Waals surface area contributed by atoms with Gasteiger partial charge in [0, 0.05) is 0 Å². The number of nitrogens with two attached hydrogens (primary N) is 1. The molecule has 4 nitrogen and oxygen atoms in total. The van der Waals surface area contributed by atoms with E-state index in [1.807, 2.05) is 24.3 Å². The fourth-order valence-corrected chi connectivity index (χ4v) is 1.52. The zero-order valence-corrected chi connectivity index (χ0v) is 11.2. The fourth-order valence-electron chi connectivity index (χ4n) is 1.52. The van der Waals surface area contributed by atoms with Gasteiger partial charge in [-0.3, -0.25) is 4.79 Å². The standard InChI is InChI=1S/C13H17NO3.ClH/c1-16-12(15)8-10-3-2-4-11(7-10)17-9-13(14)5-6-13;/h2-4,7H,5-6,8-9,14H2,1H3;1H. The molecule has 0 unspecified atom stereocenters. The summed E-state index contributed by atoms with van der Waals surface area (Å²) in [6.07, 6.45) is 2.31. The molecule has 1 aliphatic rings. The van der Waals surface area contributed by atoms with E-state index < -0.39 is 0 Å². The number of carbonyl (C=O) groups excluding carboxylic acids is 1. The molecule has 0 amide bonds. The zero-order valence-electron chi connectivity index (χ0n) is 10.3. The summed E-state index contributed by atoms with van der Waals surface area (Å²) in [5, 5.41) is 0. The molecule has 2 rings (SSSR count). The molecule has 1 aliphatic carbocycles. The van der Waals surface area contributed by atoms with Gasteiger partial charge in [0.05, 0.1) is 19.1 Å². The third kappa shape index (κ3) is 4.20. The minimum absolute atomic E-state index is 0. The number of hydrogen-bond donors (Lipinski definition) is 1. The van der Waals surface area contributed by atoms with Gasteiger partial charge in [0.2, 0.25) is 0 Å².